The number of sulfonamides is 1. The van der Waals surface area contributed by atoms with E-state index in [0.29, 0.717) is 5.69 Å². The Labute approximate surface area is 172 Å². The zero-order valence-corrected chi connectivity index (χ0v) is 17.9. The molecule has 0 aliphatic carbocycles. The summed E-state index contributed by atoms with van der Waals surface area (Å²) in [5.74, 6) is -0.781. The minimum absolute atomic E-state index is 0.201. The van der Waals surface area contributed by atoms with Crippen LogP contribution in [0.25, 0.3) is 0 Å². The first-order chi connectivity index (χ1) is 13.6. The van der Waals surface area contributed by atoms with Gasteiger partial charge in [0.15, 0.2) is 0 Å². The van der Waals surface area contributed by atoms with Crippen LogP contribution in [0, 0.1) is 6.92 Å². The van der Waals surface area contributed by atoms with E-state index >= 15 is 0 Å². The first kappa shape index (κ1) is 22.4. The Morgan fingerprint density at radius 3 is 2.17 bits per heavy atom. The molecule has 2 amide bonds. The monoisotopic (exact) mass is 417 g/mol. The molecule has 2 rings (SSSR count). The number of carbonyl (C=O) groups is 2. The van der Waals surface area contributed by atoms with E-state index in [1.807, 2.05) is 31.2 Å². The van der Waals surface area contributed by atoms with E-state index in [0.717, 1.165) is 21.7 Å². The molecule has 29 heavy (non-hydrogen) atoms. The molecule has 0 aromatic heterocycles. The summed E-state index contributed by atoms with van der Waals surface area (Å²) in [7, 11) is -2.19. The lowest BCUT2D eigenvalue weighted by molar-refractivity contribution is -0.139. The molecule has 1 atom stereocenters. The van der Waals surface area contributed by atoms with Crippen molar-refractivity contribution in [3.8, 4) is 0 Å². The van der Waals surface area contributed by atoms with Gasteiger partial charge < -0.3 is 10.2 Å². The summed E-state index contributed by atoms with van der Waals surface area (Å²) in [6, 6.07) is 15.2. The highest BCUT2D eigenvalue weighted by Crippen LogP contribution is 2.19. The molecule has 8 heteroatoms. The number of aryl methyl sites for hydroxylation is 1. The molecule has 0 aliphatic rings. The third-order valence-electron chi connectivity index (χ3n) is 4.74. The van der Waals surface area contributed by atoms with Gasteiger partial charge in [-0.3, -0.25) is 13.9 Å². The van der Waals surface area contributed by atoms with Crippen LogP contribution in [0.1, 0.15) is 18.1 Å². The highest BCUT2D eigenvalue weighted by molar-refractivity contribution is 7.92. The minimum Gasteiger partial charge on any atom is -0.357 e. The van der Waals surface area contributed by atoms with E-state index in [1.165, 1.54) is 11.9 Å². The molecular formula is C21H27N3O4S. The molecule has 156 valence electrons. The van der Waals surface area contributed by atoms with Gasteiger partial charge in [-0.1, -0.05) is 42.5 Å². The number of amides is 2. The standard InChI is InChI=1S/C21H27N3O4S/c1-16-10-8-9-11-18(16)14-23(17(2)21(26)22-3)20(25)15-24(29(4,27)28)19-12-6-5-7-13-19/h5-13,17H,14-15H2,1-4H3,(H,22,26)/t17-/m0/s1. The lowest BCUT2D eigenvalue weighted by Crippen LogP contribution is -2.50. The molecular weight excluding hydrogens is 390 g/mol. The Morgan fingerprint density at radius 2 is 1.62 bits per heavy atom. The average Bonchev–Trinajstić information content (AvgIpc) is 2.69. The van der Waals surface area contributed by atoms with Crippen LogP contribution >= 0.6 is 0 Å². The molecule has 0 saturated heterocycles. The van der Waals surface area contributed by atoms with Crippen LogP contribution in [0.4, 0.5) is 5.69 Å². The molecule has 0 radical (unpaired) electrons. The molecule has 2 aromatic carbocycles. The first-order valence-electron chi connectivity index (χ1n) is 9.23. The van der Waals surface area contributed by atoms with Crippen molar-refractivity contribution in [3.05, 3.63) is 65.7 Å². The Balaban J connectivity index is 2.37. The Morgan fingerprint density at radius 1 is 1.03 bits per heavy atom. The van der Waals surface area contributed by atoms with Gasteiger partial charge in [-0.2, -0.15) is 0 Å². The van der Waals surface area contributed by atoms with Crippen LogP contribution < -0.4 is 9.62 Å². The van der Waals surface area contributed by atoms with E-state index in [2.05, 4.69) is 5.32 Å². The van der Waals surface area contributed by atoms with Crippen LogP contribution in [0.3, 0.4) is 0 Å². The fourth-order valence-corrected chi connectivity index (χ4v) is 3.82. The van der Waals surface area contributed by atoms with Crippen LogP contribution in [-0.2, 0) is 26.2 Å². The van der Waals surface area contributed by atoms with Crippen molar-refractivity contribution < 1.29 is 18.0 Å². The second kappa shape index (κ2) is 9.56. The lowest BCUT2D eigenvalue weighted by Gasteiger charge is -2.31. The number of nitrogens with one attached hydrogen (secondary N) is 1. The Kier molecular flexibility index (Phi) is 7.39. The minimum atomic E-state index is -3.69. The van der Waals surface area contributed by atoms with Crippen LogP contribution in [-0.4, -0.2) is 51.0 Å². The molecule has 0 fully saturated rings. The molecule has 0 unspecified atom stereocenters. The summed E-state index contributed by atoms with van der Waals surface area (Å²) in [6.45, 7) is 3.36. The summed E-state index contributed by atoms with van der Waals surface area (Å²) in [5, 5.41) is 2.55. The van der Waals surface area contributed by atoms with Crippen molar-refractivity contribution >= 4 is 27.5 Å². The van der Waals surface area contributed by atoms with Gasteiger partial charge in [-0.25, -0.2) is 8.42 Å². The average molecular weight is 418 g/mol. The molecule has 0 heterocycles. The van der Waals surface area contributed by atoms with Gasteiger partial charge in [0.05, 0.1) is 11.9 Å². The van der Waals surface area contributed by atoms with Crippen molar-refractivity contribution in [1.29, 1.82) is 0 Å². The fourth-order valence-electron chi connectivity index (χ4n) is 2.97. The van der Waals surface area contributed by atoms with Crippen LogP contribution in [0.2, 0.25) is 0 Å². The maximum Gasteiger partial charge on any atom is 0.244 e. The number of likely N-dealkylation sites (N-methyl/N-ethyl adjacent to an activating group) is 1. The summed E-state index contributed by atoms with van der Waals surface area (Å²) < 4.78 is 25.7. The Hall–Kier alpha value is -2.87. The lowest BCUT2D eigenvalue weighted by atomic mass is 10.1. The van der Waals surface area contributed by atoms with Gasteiger partial charge in [0.1, 0.15) is 12.6 Å². The third-order valence-corrected chi connectivity index (χ3v) is 5.88. The molecule has 2 aromatic rings. The highest BCUT2D eigenvalue weighted by atomic mass is 32.2. The summed E-state index contributed by atoms with van der Waals surface area (Å²) in [4.78, 5) is 26.8. The van der Waals surface area contributed by atoms with E-state index < -0.39 is 28.5 Å². The fraction of sp³-hybridized carbons (Fsp3) is 0.333. The Bertz CT molecular complexity index is 961. The second-order valence-corrected chi connectivity index (χ2v) is 8.75. The van der Waals surface area contributed by atoms with Crippen molar-refractivity contribution in [2.45, 2.75) is 26.4 Å². The molecule has 0 aliphatic heterocycles. The first-order valence-corrected chi connectivity index (χ1v) is 11.1. The number of rotatable bonds is 8. The predicted octanol–water partition coefficient (Wildman–Crippen LogP) is 1.92. The summed E-state index contributed by atoms with van der Waals surface area (Å²) in [5.41, 5.74) is 2.27. The molecule has 0 bridgehead atoms. The van der Waals surface area contributed by atoms with Crippen LogP contribution in [0.15, 0.2) is 54.6 Å². The molecule has 1 N–H and O–H groups in total. The van der Waals surface area contributed by atoms with Gasteiger partial charge in [-0.05, 0) is 37.1 Å². The van der Waals surface area contributed by atoms with Crippen molar-refractivity contribution in [3.63, 3.8) is 0 Å². The van der Waals surface area contributed by atoms with E-state index in [4.69, 9.17) is 0 Å². The topological polar surface area (TPSA) is 86.8 Å². The normalized spacial score (nSPS) is 12.1. The predicted molar refractivity (Wildman–Crippen MR) is 114 cm³/mol. The van der Waals surface area contributed by atoms with Gasteiger partial charge >= 0.3 is 0 Å². The zero-order chi connectivity index (χ0) is 21.6. The molecule has 0 saturated carbocycles. The van der Waals surface area contributed by atoms with E-state index in [9.17, 15) is 18.0 Å². The van der Waals surface area contributed by atoms with E-state index in [1.54, 1.807) is 37.3 Å². The van der Waals surface area contributed by atoms with Crippen molar-refractivity contribution in [2.24, 2.45) is 0 Å². The number of nitrogens with zero attached hydrogens (tertiary/aromatic N) is 2. The van der Waals surface area contributed by atoms with Gasteiger partial charge in [-0.15, -0.1) is 0 Å². The molecule has 0 spiro atoms. The second-order valence-electron chi connectivity index (χ2n) is 6.84. The van der Waals surface area contributed by atoms with Gasteiger partial charge in [0.2, 0.25) is 21.8 Å². The van der Waals surface area contributed by atoms with E-state index in [-0.39, 0.29) is 12.5 Å². The maximum atomic E-state index is 13.2. The number of hydrogen-bond acceptors (Lipinski definition) is 4. The summed E-state index contributed by atoms with van der Waals surface area (Å²) in [6.07, 6.45) is 1.06. The van der Waals surface area contributed by atoms with Gasteiger partial charge in [0.25, 0.3) is 0 Å². The largest absolute Gasteiger partial charge is 0.357 e. The summed E-state index contributed by atoms with van der Waals surface area (Å²) >= 11 is 0. The van der Waals surface area contributed by atoms with Gasteiger partial charge in [0, 0.05) is 13.6 Å². The van der Waals surface area contributed by atoms with Crippen molar-refractivity contribution in [2.75, 3.05) is 24.2 Å². The quantitative estimate of drug-likeness (QED) is 0.711. The maximum absolute atomic E-state index is 13.2. The molecule has 7 nitrogen and oxygen atoms in total. The number of anilines is 1. The smallest absolute Gasteiger partial charge is 0.244 e. The number of benzene rings is 2. The number of hydrogen-bond donors (Lipinski definition) is 1. The number of para-hydroxylation sites is 1. The number of carbonyl (C=O) groups excluding carboxylic acids is 2. The van der Waals surface area contributed by atoms with Crippen LogP contribution in [0.5, 0.6) is 0 Å². The van der Waals surface area contributed by atoms with Crippen molar-refractivity contribution in [1.82, 2.24) is 10.2 Å². The zero-order valence-electron chi connectivity index (χ0n) is 17.1. The highest BCUT2D eigenvalue weighted by Gasteiger charge is 2.29. The third kappa shape index (κ3) is 5.80. The SMILES string of the molecule is CNC(=O)[C@H](C)N(Cc1ccccc1C)C(=O)CN(c1ccccc1)S(C)(=O)=O.